The summed E-state index contributed by atoms with van der Waals surface area (Å²) in [6.45, 7) is 1.85. The quantitative estimate of drug-likeness (QED) is 0.849. The molecule has 0 saturated heterocycles. The molecule has 0 aliphatic heterocycles. The van der Waals surface area contributed by atoms with Gasteiger partial charge in [0, 0.05) is 41.1 Å². The topological polar surface area (TPSA) is 65.5 Å². The molecule has 2 atom stereocenters. The van der Waals surface area contributed by atoms with Crippen LogP contribution in [0.15, 0.2) is 30.5 Å². The highest BCUT2D eigenvalue weighted by atomic mass is 35.5. The number of aromatic nitrogens is 1. The molecule has 2 N–H and O–H groups in total. The van der Waals surface area contributed by atoms with Crippen molar-refractivity contribution in [2.45, 2.75) is 25.5 Å². The molecule has 5 nitrogen and oxygen atoms in total. The Bertz CT molecular complexity index is 797. The molecule has 0 fully saturated rings. The maximum Gasteiger partial charge on any atom is 0.322 e. The van der Waals surface area contributed by atoms with Gasteiger partial charge in [-0.15, -0.1) is 0 Å². The Hall–Kier alpha value is -1.82. The van der Waals surface area contributed by atoms with Crippen LogP contribution in [0, 0.1) is 6.92 Å². The van der Waals surface area contributed by atoms with Gasteiger partial charge in [-0.25, -0.2) is 4.79 Å². The summed E-state index contributed by atoms with van der Waals surface area (Å²) in [5, 5.41) is 14.2. The highest BCUT2D eigenvalue weighted by Gasteiger charge is 2.37. The highest BCUT2D eigenvalue weighted by molar-refractivity contribution is 6.35. The Morgan fingerprint density at radius 3 is 2.83 bits per heavy atom. The molecule has 0 bridgehead atoms. The van der Waals surface area contributed by atoms with Crippen LogP contribution in [0.1, 0.15) is 22.9 Å². The maximum absolute atomic E-state index is 12.6. The number of aryl methyl sites for hydroxylation is 1. The fraction of sp³-hybridized carbons (Fsp3) is 0.294. The van der Waals surface area contributed by atoms with Gasteiger partial charge in [-0.3, -0.25) is 4.98 Å². The molecular formula is C17H17Cl2N3O2. The number of amides is 2. The van der Waals surface area contributed by atoms with Crippen molar-refractivity contribution in [2.24, 2.45) is 0 Å². The third-order valence-corrected chi connectivity index (χ3v) is 4.73. The van der Waals surface area contributed by atoms with Crippen LogP contribution in [0.2, 0.25) is 10.0 Å². The number of nitrogens with zero attached hydrogens (tertiary/aromatic N) is 2. The number of aliphatic hydroxyl groups excluding tert-OH is 1. The lowest BCUT2D eigenvalue weighted by molar-refractivity contribution is 0.0934. The number of nitrogens with one attached hydrogen (secondary N) is 1. The number of benzene rings is 1. The average Bonchev–Trinajstić information content (AvgIpc) is 2.83. The Morgan fingerprint density at radius 2 is 2.12 bits per heavy atom. The summed E-state index contributed by atoms with van der Waals surface area (Å²) in [6.07, 6.45) is 1.29. The number of likely N-dealkylation sites (N-methyl/N-ethyl adjacent to an activating group) is 1. The summed E-state index contributed by atoms with van der Waals surface area (Å²) in [4.78, 5) is 18.1. The Morgan fingerprint density at radius 1 is 1.38 bits per heavy atom. The molecule has 24 heavy (non-hydrogen) atoms. The zero-order valence-electron chi connectivity index (χ0n) is 13.3. The molecule has 1 aromatic carbocycles. The number of anilines is 1. The predicted molar refractivity (Wildman–Crippen MR) is 94.7 cm³/mol. The van der Waals surface area contributed by atoms with Crippen molar-refractivity contribution in [3.63, 3.8) is 0 Å². The van der Waals surface area contributed by atoms with Gasteiger partial charge in [0.15, 0.2) is 0 Å². The molecule has 7 heteroatoms. The number of hydrogen-bond acceptors (Lipinski definition) is 3. The molecule has 1 aromatic heterocycles. The number of pyridine rings is 1. The summed E-state index contributed by atoms with van der Waals surface area (Å²) in [5.41, 5.74) is 3.07. The van der Waals surface area contributed by atoms with Gasteiger partial charge in [0.05, 0.1) is 12.1 Å². The molecular weight excluding hydrogens is 349 g/mol. The van der Waals surface area contributed by atoms with E-state index in [1.54, 1.807) is 37.5 Å². The van der Waals surface area contributed by atoms with Gasteiger partial charge >= 0.3 is 6.03 Å². The lowest BCUT2D eigenvalue weighted by Gasteiger charge is -2.28. The van der Waals surface area contributed by atoms with E-state index in [4.69, 9.17) is 23.2 Å². The molecule has 0 spiro atoms. The Labute approximate surface area is 150 Å². The molecule has 3 rings (SSSR count). The SMILES string of the molecule is Cc1cc(NC(=O)N(C)[C@@H]2c3cc(Cl)cc(Cl)c3C[C@H]2O)ccn1. The van der Waals surface area contributed by atoms with E-state index in [1.807, 2.05) is 6.92 Å². The number of aliphatic hydroxyl groups is 1. The molecule has 2 aromatic rings. The van der Waals surface area contributed by atoms with Gasteiger partial charge in [-0.2, -0.15) is 0 Å². The first-order valence-corrected chi connectivity index (χ1v) is 8.24. The zero-order chi connectivity index (χ0) is 17.4. The van der Waals surface area contributed by atoms with Crippen molar-refractivity contribution in [2.75, 3.05) is 12.4 Å². The third-order valence-electron chi connectivity index (χ3n) is 4.18. The highest BCUT2D eigenvalue weighted by Crippen LogP contribution is 2.40. The van der Waals surface area contributed by atoms with Crippen LogP contribution in [0.3, 0.4) is 0 Å². The van der Waals surface area contributed by atoms with E-state index in [2.05, 4.69) is 10.3 Å². The smallest absolute Gasteiger partial charge is 0.322 e. The fourth-order valence-electron chi connectivity index (χ4n) is 3.06. The van der Waals surface area contributed by atoms with Crippen molar-refractivity contribution in [3.8, 4) is 0 Å². The van der Waals surface area contributed by atoms with Crippen LogP contribution in [-0.2, 0) is 6.42 Å². The minimum absolute atomic E-state index is 0.325. The average molecular weight is 366 g/mol. The van der Waals surface area contributed by atoms with E-state index in [0.29, 0.717) is 22.2 Å². The van der Waals surface area contributed by atoms with E-state index in [0.717, 1.165) is 16.8 Å². The normalized spacial score (nSPS) is 19.0. The van der Waals surface area contributed by atoms with E-state index < -0.39 is 12.1 Å². The van der Waals surface area contributed by atoms with Gasteiger partial charge in [-0.05, 0) is 42.3 Å². The first-order valence-electron chi connectivity index (χ1n) is 7.49. The van der Waals surface area contributed by atoms with Crippen LogP contribution in [-0.4, -0.2) is 34.2 Å². The number of carbonyl (C=O) groups is 1. The number of halogens is 2. The molecule has 126 valence electrons. The van der Waals surface area contributed by atoms with Crippen LogP contribution in [0.5, 0.6) is 0 Å². The number of carbonyl (C=O) groups excluding carboxylic acids is 1. The molecule has 0 saturated carbocycles. The summed E-state index contributed by atoms with van der Waals surface area (Å²) in [6, 6.07) is 6.07. The summed E-state index contributed by atoms with van der Waals surface area (Å²) in [7, 11) is 1.64. The van der Waals surface area contributed by atoms with Crippen LogP contribution >= 0.6 is 23.2 Å². The number of hydrogen-bond donors (Lipinski definition) is 2. The van der Waals surface area contributed by atoms with E-state index in [1.165, 1.54) is 4.90 Å². The van der Waals surface area contributed by atoms with E-state index >= 15 is 0 Å². The monoisotopic (exact) mass is 365 g/mol. The van der Waals surface area contributed by atoms with Gasteiger partial charge < -0.3 is 15.3 Å². The van der Waals surface area contributed by atoms with Gasteiger partial charge in [0.25, 0.3) is 0 Å². The summed E-state index contributed by atoms with van der Waals surface area (Å²) in [5.74, 6) is 0. The second kappa shape index (κ2) is 6.59. The second-order valence-electron chi connectivity index (χ2n) is 5.90. The molecule has 0 unspecified atom stereocenters. The van der Waals surface area contributed by atoms with E-state index in [-0.39, 0.29) is 6.03 Å². The van der Waals surface area contributed by atoms with Gasteiger partial charge in [0.1, 0.15) is 0 Å². The van der Waals surface area contributed by atoms with Crippen molar-refractivity contribution in [1.29, 1.82) is 0 Å². The zero-order valence-corrected chi connectivity index (χ0v) is 14.8. The minimum atomic E-state index is -0.731. The number of fused-ring (bicyclic) bond motifs is 1. The molecule has 2 amide bonds. The van der Waals surface area contributed by atoms with Crippen molar-refractivity contribution < 1.29 is 9.90 Å². The first kappa shape index (κ1) is 17.0. The molecule has 1 heterocycles. The van der Waals surface area contributed by atoms with E-state index in [9.17, 15) is 9.90 Å². The maximum atomic E-state index is 12.6. The molecule has 1 aliphatic carbocycles. The standard InChI is InChI=1S/C17H17Cl2N3O2/c1-9-5-11(3-4-20-9)21-17(24)22(2)16-13-6-10(18)7-14(19)12(13)8-15(16)23/h3-7,15-16,23H,8H2,1-2H3,(H,20,21,24)/t15-,16-/m1/s1. The third kappa shape index (κ3) is 3.20. The van der Waals surface area contributed by atoms with Crippen molar-refractivity contribution in [3.05, 3.63) is 57.3 Å². The lowest BCUT2D eigenvalue weighted by Crippen LogP contribution is -2.38. The first-order chi connectivity index (χ1) is 11.4. The Kier molecular flexibility index (Phi) is 4.67. The number of urea groups is 1. The lowest BCUT2D eigenvalue weighted by atomic mass is 10.1. The predicted octanol–water partition coefficient (Wildman–Crippen LogP) is 3.82. The Balaban J connectivity index is 1.85. The number of rotatable bonds is 2. The summed E-state index contributed by atoms with van der Waals surface area (Å²) < 4.78 is 0. The van der Waals surface area contributed by atoms with Crippen LogP contribution < -0.4 is 5.32 Å². The van der Waals surface area contributed by atoms with Gasteiger partial charge in [-0.1, -0.05) is 23.2 Å². The fourth-order valence-corrected chi connectivity index (χ4v) is 3.65. The van der Waals surface area contributed by atoms with Crippen molar-refractivity contribution in [1.82, 2.24) is 9.88 Å². The van der Waals surface area contributed by atoms with Crippen LogP contribution in [0.4, 0.5) is 10.5 Å². The minimum Gasteiger partial charge on any atom is -0.390 e. The largest absolute Gasteiger partial charge is 0.390 e. The van der Waals surface area contributed by atoms with Crippen molar-refractivity contribution >= 4 is 34.9 Å². The second-order valence-corrected chi connectivity index (χ2v) is 6.74. The molecule has 0 radical (unpaired) electrons. The molecule has 1 aliphatic rings. The van der Waals surface area contributed by atoms with Gasteiger partial charge in [0.2, 0.25) is 0 Å². The van der Waals surface area contributed by atoms with Crippen LogP contribution in [0.25, 0.3) is 0 Å². The summed E-state index contributed by atoms with van der Waals surface area (Å²) >= 11 is 12.3.